The highest BCUT2D eigenvalue weighted by Crippen LogP contribution is 2.55. The van der Waals surface area contributed by atoms with Crippen LogP contribution < -0.4 is 0 Å². The first-order valence-corrected chi connectivity index (χ1v) is 6.30. The zero-order valence-electron chi connectivity index (χ0n) is 10.9. The summed E-state index contributed by atoms with van der Waals surface area (Å²) in [4.78, 5) is 24.7. The van der Waals surface area contributed by atoms with Crippen molar-refractivity contribution in [2.24, 2.45) is 11.3 Å². The molecule has 1 aliphatic carbocycles. The molecule has 0 aromatic heterocycles. The molecule has 1 amide bonds. The Hall–Kier alpha value is -1.06. The van der Waals surface area contributed by atoms with Gasteiger partial charge in [0.15, 0.2) is 0 Å². The van der Waals surface area contributed by atoms with E-state index in [-0.39, 0.29) is 17.4 Å². The molecule has 2 aliphatic rings. The monoisotopic (exact) mass is 239 g/mol. The van der Waals surface area contributed by atoms with Crippen LogP contribution in [0.5, 0.6) is 0 Å². The van der Waals surface area contributed by atoms with Crippen LogP contribution in [0, 0.1) is 11.3 Å². The zero-order valence-corrected chi connectivity index (χ0v) is 10.9. The van der Waals surface area contributed by atoms with Crippen LogP contribution in [0.25, 0.3) is 0 Å². The highest BCUT2D eigenvalue weighted by molar-refractivity contribution is 5.69. The van der Waals surface area contributed by atoms with Gasteiger partial charge in [0, 0.05) is 19.0 Å². The first-order valence-electron chi connectivity index (χ1n) is 6.30. The summed E-state index contributed by atoms with van der Waals surface area (Å²) in [5.41, 5.74) is -0.369. The van der Waals surface area contributed by atoms with Gasteiger partial charge in [-0.15, -0.1) is 0 Å². The lowest BCUT2D eigenvalue weighted by Crippen LogP contribution is -2.47. The van der Waals surface area contributed by atoms with E-state index >= 15 is 0 Å². The van der Waals surface area contributed by atoms with E-state index in [4.69, 9.17) is 4.74 Å². The second-order valence-corrected chi connectivity index (χ2v) is 6.30. The summed E-state index contributed by atoms with van der Waals surface area (Å²) < 4.78 is 5.37. The first-order chi connectivity index (χ1) is 7.86. The van der Waals surface area contributed by atoms with Gasteiger partial charge < -0.3 is 14.4 Å². The highest BCUT2D eigenvalue weighted by Gasteiger charge is 2.53. The summed E-state index contributed by atoms with van der Waals surface area (Å²) in [7, 11) is 0. The molecule has 1 aliphatic heterocycles. The summed E-state index contributed by atoms with van der Waals surface area (Å²) in [5, 5.41) is 0. The molecule has 0 N–H and O–H groups in total. The number of amides is 1. The average Bonchev–Trinajstić information content (AvgIpc) is 2.96. The van der Waals surface area contributed by atoms with Crippen LogP contribution in [0.3, 0.4) is 0 Å². The minimum Gasteiger partial charge on any atom is -0.444 e. The van der Waals surface area contributed by atoms with Crippen molar-refractivity contribution in [2.75, 3.05) is 13.1 Å². The minimum atomic E-state index is -0.449. The number of rotatable bonds is 1. The maximum atomic E-state index is 11.9. The molecule has 1 spiro atoms. The number of hydrogen-bond donors (Lipinski definition) is 0. The van der Waals surface area contributed by atoms with Crippen LogP contribution in [0.2, 0.25) is 0 Å². The van der Waals surface area contributed by atoms with Crippen molar-refractivity contribution < 1.29 is 14.3 Å². The Kier molecular flexibility index (Phi) is 2.92. The quantitative estimate of drug-likeness (QED) is 0.659. The van der Waals surface area contributed by atoms with Crippen molar-refractivity contribution >= 4 is 12.4 Å². The van der Waals surface area contributed by atoms with Crippen molar-refractivity contribution in [3.8, 4) is 0 Å². The van der Waals surface area contributed by atoms with Gasteiger partial charge in [-0.2, -0.15) is 0 Å². The molecule has 96 valence electrons. The molecule has 2 rings (SSSR count). The number of piperidine rings is 1. The zero-order chi connectivity index (χ0) is 12.7. The van der Waals surface area contributed by atoms with Gasteiger partial charge in [-0.05, 0) is 45.4 Å². The van der Waals surface area contributed by atoms with Crippen LogP contribution in [-0.4, -0.2) is 36.0 Å². The molecule has 4 nitrogen and oxygen atoms in total. The van der Waals surface area contributed by atoms with Crippen LogP contribution in [0.15, 0.2) is 0 Å². The van der Waals surface area contributed by atoms with E-state index in [2.05, 4.69) is 0 Å². The fourth-order valence-corrected chi connectivity index (χ4v) is 2.56. The number of nitrogens with zero attached hydrogens (tertiary/aromatic N) is 1. The topological polar surface area (TPSA) is 46.6 Å². The molecule has 0 bridgehead atoms. The Labute approximate surface area is 102 Å². The van der Waals surface area contributed by atoms with Gasteiger partial charge >= 0.3 is 6.09 Å². The lowest BCUT2D eigenvalue weighted by Gasteiger charge is -2.37. The Morgan fingerprint density at radius 2 is 2.06 bits per heavy atom. The van der Waals surface area contributed by atoms with Crippen molar-refractivity contribution in [1.82, 2.24) is 4.90 Å². The van der Waals surface area contributed by atoms with Crippen molar-refractivity contribution in [3.05, 3.63) is 0 Å². The second-order valence-electron chi connectivity index (χ2n) is 6.30. The number of carbonyl (C=O) groups is 2. The van der Waals surface area contributed by atoms with E-state index in [1.54, 1.807) is 4.90 Å². The standard InChI is InChI=1S/C13H21NO3/c1-12(2,3)17-11(16)14-7-4-10(8-15)13(9-14)5-6-13/h8,10H,4-7,9H2,1-3H3. The SMILES string of the molecule is CC(C)(C)OC(=O)N1CCC(C=O)C2(CC2)C1. The lowest BCUT2D eigenvalue weighted by atomic mass is 9.84. The molecule has 1 heterocycles. The third-order valence-corrected chi connectivity index (χ3v) is 3.71. The van der Waals surface area contributed by atoms with Crippen LogP contribution >= 0.6 is 0 Å². The van der Waals surface area contributed by atoms with Crippen molar-refractivity contribution in [2.45, 2.75) is 45.6 Å². The fraction of sp³-hybridized carbons (Fsp3) is 0.846. The number of hydrogen-bond acceptors (Lipinski definition) is 3. The summed E-state index contributed by atoms with van der Waals surface area (Å²) in [5.74, 6) is 0.140. The molecule has 0 aromatic carbocycles. The molecule has 1 saturated heterocycles. The average molecular weight is 239 g/mol. The van der Waals surface area contributed by atoms with Crippen LogP contribution in [0.1, 0.15) is 40.0 Å². The maximum Gasteiger partial charge on any atom is 0.410 e. The maximum absolute atomic E-state index is 11.9. The molecule has 4 heteroatoms. The molecule has 1 unspecified atom stereocenters. The number of ether oxygens (including phenoxy) is 1. The Bertz CT molecular complexity index is 328. The second kappa shape index (κ2) is 4.00. The van der Waals surface area contributed by atoms with E-state index in [0.29, 0.717) is 13.1 Å². The van der Waals surface area contributed by atoms with Crippen LogP contribution in [-0.2, 0) is 9.53 Å². The van der Waals surface area contributed by atoms with Gasteiger partial charge in [0.05, 0.1) is 0 Å². The van der Waals surface area contributed by atoms with E-state index < -0.39 is 5.60 Å². The summed E-state index contributed by atoms with van der Waals surface area (Å²) >= 11 is 0. The van der Waals surface area contributed by atoms with Gasteiger partial charge in [0.1, 0.15) is 11.9 Å². The lowest BCUT2D eigenvalue weighted by molar-refractivity contribution is -0.115. The van der Waals surface area contributed by atoms with Gasteiger partial charge in [0.25, 0.3) is 0 Å². The molecule has 1 atom stereocenters. The highest BCUT2D eigenvalue weighted by atomic mass is 16.6. The van der Waals surface area contributed by atoms with Crippen molar-refractivity contribution in [1.29, 1.82) is 0 Å². The van der Waals surface area contributed by atoms with E-state index in [1.807, 2.05) is 20.8 Å². The Balaban J connectivity index is 1.96. The van der Waals surface area contributed by atoms with Crippen LogP contribution in [0.4, 0.5) is 4.79 Å². The first kappa shape index (κ1) is 12.4. The molecule has 17 heavy (non-hydrogen) atoms. The molecule has 0 radical (unpaired) electrons. The van der Waals surface area contributed by atoms with E-state index in [9.17, 15) is 9.59 Å². The van der Waals surface area contributed by atoms with Gasteiger partial charge in [-0.25, -0.2) is 4.79 Å². The number of carbonyl (C=O) groups excluding carboxylic acids is 2. The molecule has 2 fully saturated rings. The predicted octanol–water partition coefficient (Wildman–Crippen LogP) is 2.22. The predicted molar refractivity (Wildman–Crippen MR) is 63.6 cm³/mol. The van der Waals surface area contributed by atoms with Crippen molar-refractivity contribution in [3.63, 3.8) is 0 Å². The van der Waals surface area contributed by atoms with Gasteiger partial charge in [0.2, 0.25) is 0 Å². The third-order valence-electron chi connectivity index (χ3n) is 3.71. The van der Waals surface area contributed by atoms with Gasteiger partial charge in [-0.1, -0.05) is 0 Å². The van der Waals surface area contributed by atoms with E-state index in [1.165, 1.54) is 0 Å². The number of aldehydes is 1. The summed E-state index contributed by atoms with van der Waals surface area (Å²) in [6.07, 6.45) is 3.74. The summed E-state index contributed by atoms with van der Waals surface area (Å²) in [6, 6.07) is 0. The fourth-order valence-electron chi connectivity index (χ4n) is 2.56. The summed E-state index contributed by atoms with van der Waals surface area (Å²) in [6.45, 7) is 6.94. The Morgan fingerprint density at radius 1 is 1.41 bits per heavy atom. The molecule has 1 saturated carbocycles. The third kappa shape index (κ3) is 2.61. The molecular formula is C13H21NO3. The normalized spacial score (nSPS) is 26.8. The Morgan fingerprint density at radius 3 is 2.53 bits per heavy atom. The van der Waals surface area contributed by atoms with E-state index in [0.717, 1.165) is 25.5 Å². The molecular weight excluding hydrogens is 218 g/mol. The largest absolute Gasteiger partial charge is 0.444 e. The minimum absolute atomic E-state index is 0.0803. The molecule has 0 aromatic rings. The smallest absolute Gasteiger partial charge is 0.410 e. The van der Waals surface area contributed by atoms with Gasteiger partial charge in [-0.3, -0.25) is 0 Å². The number of likely N-dealkylation sites (tertiary alicyclic amines) is 1.